The standard InChI is InChI=1S/C12H19NO5/c1-7(14)17-6-8-5-12(8,9(13)15)10(16)18-11(2,3)4/h8H,5-6H2,1-4H3,(H2,13,15)/t8-,12+/m0/s1. The Balaban J connectivity index is 2.71. The molecule has 1 aliphatic rings. The molecule has 0 bridgehead atoms. The maximum atomic E-state index is 12.0. The van der Waals surface area contributed by atoms with Gasteiger partial charge in [0.1, 0.15) is 5.60 Å². The summed E-state index contributed by atoms with van der Waals surface area (Å²) in [7, 11) is 0. The molecule has 1 rings (SSSR count). The first-order valence-corrected chi connectivity index (χ1v) is 5.76. The number of carbonyl (C=O) groups excluding carboxylic acids is 3. The topological polar surface area (TPSA) is 95.7 Å². The van der Waals surface area contributed by atoms with Crippen molar-refractivity contribution in [3.63, 3.8) is 0 Å². The molecule has 0 saturated heterocycles. The minimum atomic E-state index is -1.33. The van der Waals surface area contributed by atoms with Gasteiger partial charge >= 0.3 is 11.9 Å². The first-order valence-electron chi connectivity index (χ1n) is 5.76. The molecule has 0 heterocycles. The second kappa shape index (κ2) is 4.59. The molecule has 0 spiro atoms. The summed E-state index contributed by atoms with van der Waals surface area (Å²) in [4.78, 5) is 34.1. The van der Waals surface area contributed by atoms with Gasteiger partial charge in [0.05, 0.1) is 6.61 Å². The van der Waals surface area contributed by atoms with Crippen molar-refractivity contribution in [2.75, 3.05) is 6.61 Å². The van der Waals surface area contributed by atoms with Crippen molar-refractivity contribution in [3.05, 3.63) is 0 Å². The fourth-order valence-electron chi connectivity index (χ4n) is 1.77. The van der Waals surface area contributed by atoms with E-state index in [0.717, 1.165) is 0 Å². The van der Waals surface area contributed by atoms with E-state index in [4.69, 9.17) is 15.2 Å². The van der Waals surface area contributed by atoms with Gasteiger partial charge in [-0.3, -0.25) is 14.4 Å². The zero-order chi connectivity index (χ0) is 14.1. The van der Waals surface area contributed by atoms with E-state index in [0.29, 0.717) is 0 Å². The number of ether oxygens (including phenoxy) is 2. The lowest BCUT2D eigenvalue weighted by molar-refractivity contribution is -0.165. The highest BCUT2D eigenvalue weighted by Gasteiger charge is 2.67. The first kappa shape index (κ1) is 14.5. The molecule has 0 aromatic heterocycles. The monoisotopic (exact) mass is 257 g/mol. The Hall–Kier alpha value is -1.59. The molecule has 0 unspecified atom stereocenters. The van der Waals surface area contributed by atoms with E-state index in [1.807, 2.05) is 0 Å². The molecule has 102 valence electrons. The van der Waals surface area contributed by atoms with Crippen LogP contribution in [-0.4, -0.2) is 30.1 Å². The van der Waals surface area contributed by atoms with E-state index < -0.39 is 28.9 Å². The van der Waals surface area contributed by atoms with Crippen molar-refractivity contribution < 1.29 is 23.9 Å². The summed E-state index contributed by atoms with van der Waals surface area (Å²) in [5.74, 6) is -2.20. The van der Waals surface area contributed by atoms with Gasteiger partial charge in [0.2, 0.25) is 5.91 Å². The van der Waals surface area contributed by atoms with Gasteiger partial charge in [-0.2, -0.15) is 0 Å². The number of hydrogen-bond acceptors (Lipinski definition) is 5. The van der Waals surface area contributed by atoms with Crippen molar-refractivity contribution in [1.29, 1.82) is 0 Å². The third-order valence-electron chi connectivity index (χ3n) is 2.80. The van der Waals surface area contributed by atoms with Crippen LogP contribution in [0.25, 0.3) is 0 Å². The SMILES string of the molecule is CC(=O)OC[C@@H]1C[C@@]1(C(N)=O)C(=O)OC(C)(C)C. The second-order valence-corrected chi connectivity index (χ2v) is 5.54. The average molecular weight is 257 g/mol. The molecule has 0 aliphatic heterocycles. The van der Waals surface area contributed by atoms with Gasteiger partial charge < -0.3 is 15.2 Å². The van der Waals surface area contributed by atoms with Gasteiger partial charge in [0, 0.05) is 12.8 Å². The fourth-order valence-corrected chi connectivity index (χ4v) is 1.77. The lowest BCUT2D eigenvalue weighted by Crippen LogP contribution is -2.39. The van der Waals surface area contributed by atoms with Gasteiger partial charge in [-0.05, 0) is 27.2 Å². The summed E-state index contributed by atoms with van der Waals surface area (Å²) in [6.07, 6.45) is 0.268. The maximum absolute atomic E-state index is 12.0. The molecule has 1 saturated carbocycles. The van der Waals surface area contributed by atoms with Gasteiger partial charge in [-0.15, -0.1) is 0 Å². The van der Waals surface area contributed by atoms with Crippen LogP contribution in [0.2, 0.25) is 0 Å². The highest BCUT2D eigenvalue weighted by Crippen LogP contribution is 2.53. The predicted octanol–water partition coefficient (Wildman–Crippen LogP) is 0.383. The van der Waals surface area contributed by atoms with Crippen LogP contribution in [-0.2, 0) is 23.9 Å². The van der Waals surface area contributed by atoms with Crippen LogP contribution in [0.5, 0.6) is 0 Å². The van der Waals surface area contributed by atoms with Crippen molar-refractivity contribution in [2.45, 2.75) is 39.7 Å². The fraction of sp³-hybridized carbons (Fsp3) is 0.750. The Labute approximate surface area is 106 Å². The Morgan fingerprint density at radius 1 is 1.33 bits per heavy atom. The number of esters is 2. The van der Waals surface area contributed by atoms with Crippen LogP contribution in [0, 0.1) is 11.3 Å². The van der Waals surface area contributed by atoms with Crippen LogP contribution in [0.15, 0.2) is 0 Å². The van der Waals surface area contributed by atoms with E-state index in [2.05, 4.69) is 0 Å². The molecule has 6 heteroatoms. The number of amides is 1. The smallest absolute Gasteiger partial charge is 0.322 e. The van der Waals surface area contributed by atoms with E-state index in [9.17, 15) is 14.4 Å². The Morgan fingerprint density at radius 2 is 1.89 bits per heavy atom. The lowest BCUT2D eigenvalue weighted by Gasteiger charge is -2.23. The van der Waals surface area contributed by atoms with E-state index in [-0.39, 0.29) is 18.9 Å². The minimum absolute atomic E-state index is 0.0114. The molecule has 1 amide bonds. The number of carbonyl (C=O) groups is 3. The van der Waals surface area contributed by atoms with Crippen LogP contribution >= 0.6 is 0 Å². The van der Waals surface area contributed by atoms with E-state index >= 15 is 0 Å². The summed E-state index contributed by atoms with van der Waals surface area (Å²) in [6.45, 7) is 6.41. The molecule has 2 N–H and O–H groups in total. The quantitative estimate of drug-likeness (QED) is 0.580. The zero-order valence-corrected chi connectivity index (χ0v) is 11.1. The average Bonchev–Trinajstić information content (AvgIpc) is 2.87. The molecule has 6 nitrogen and oxygen atoms in total. The van der Waals surface area contributed by atoms with Crippen molar-refractivity contribution in [3.8, 4) is 0 Å². The first-order chi connectivity index (χ1) is 8.09. The molecular weight excluding hydrogens is 238 g/mol. The van der Waals surface area contributed by atoms with Crippen molar-refractivity contribution in [1.82, 2.24) is 0 Å². The summed E-state index contributed by atoms with van der Waals surface area (Å²) < 4.78 is 9.98. The highest BCUT2D eigenvalue weighted by atomic mass is 16.6. The molecule has 0 aromatic carbocycles. The molecule has 2 atom stereocenters. The highest BCUT2D eigenvalue weighted by molar-refractivity contribution is 6.05. The molecule has 0 radical (unpaired) electrons. The summed E-state index contributed by atoms with van der Waals surface area (Å²) in [5.41, 5.74) is 3.25. The number of rotatable bonds is 4. The zero-order valence-electron chi connectivity index (χ0n) is 11.1. The summed E-state index contributed by atoms with van der Waals surface area (Å²) in [6, 6.07) is 0. The maximum Gasteiger partial charge on any atom is 0.322 e. The van der Waals surface area contributed by atoms with E-state index in [1.54, 1.807) is 20.8 Å². The Kier molecular flexibility index (Phi) is 3.69. The largest absolute Gasteiger partial charge is 0.466 e. The predicted molar refractivity (Wildman–Crippen MR) is 62.2 cm³/mol. The van der Waals surface area contributed by atoms with Gasteiger partial charge in [-0.25, -0.2) is 0 Å². The number of primary amides is 1. The number of nitrogens with two attached hydrogens (primary N) is 1. The van der Waals surface area contributed by atoms with Crippen LogP contribution < -0.4 is 5.73 Å². The normalized spacial score (nSPS) is 26.3. The third kappa shape index (κ3) is 3.00. The van der Waals surface area contributed by atoms with Crippen LogP contribution in [0.4, 0.5) is 0 Å². The van der Waals surface area contributed by atoms with Crippen molar-refractivity contribution in [2.24, 2.45) is 17.1 Å². The van der Waals surface area contributed by atoms with Gasteiger partial charge in [0.25, 0.3) is 0 Å². The lowest BCUT2D eigenvalue weighted by atomic mass is 10.0. The molecule has 18 heavy (non-hydrogen) atoms. The Morgan fingerprint density at radius 3 is 2.28 bits per heavy atom. The Bertz CT molecular complexity index is 384. The number of hydrogen-bond donors (Lipinski definition) is 1. The molecule has 0 aromatic rings. The minimum Gasteiger partial charge on any atom is -0.466 e. The summed E-state index contributed by atoms with van der Waals surface area (Å²) in [5, 5.41) is 0. The van der Waals surface area contributed by atoms with Crippen molar-refractivity contribution >= 4 is 17.8 Å². The molecular formula is C12H19NO5. The van der Waals surface area contributed by atoms with Crippen LogP contribution in [0.1, 0.15) is 34.1 Å². The van der Waals surface area contributed by atoms with Crippen LogP contribution in [0.3, 0.4) is 0 Å². The van der Waals surface area contributed by atoms with Gasteiger partial charge in [0.15, 0.2) is 5.41 Å². The van der Waals surface area contributed by atoms with E-state index in [1.165, 1.54) is 6.92 Å². The van der Waals surface area contributed by atoms with Gasteiger partial charge in [-0.1, -0.05) is 0 Å². The molecule has 1 aliphatic carbocycles. The summed E-state index contributed by atoms with van der Waals surface area (Å²) >= 11 is 0. The second-order valence-electron chi connectivity index (χ2n) is 5.54. The third-order valence-corrected chi connectivity index (χ3v) is 2.80. The molecule has 1 fully saturated rings.